The fourth-order valence-electron chi connectivity index (χ4n) is 2.97. The van der Waals surface area contributed by atoms with Gasteiger partial charge in [-0.05, 0) is 38.8 Å². The van der Waals surface area contributed by atoms with Crippen LogP contribution >= 0.6 is 11.8 Å². The van der Waals surface area contributed by atoms with E-state index in [9.17, 15) is 4.79 Å². The number of aryl methyl sites for hydroxylation is 2. The summed E-state index contributed by atoms with van der Waals surface area (Å²) in [6, 6.07) is 8.14. The molecule has 1 amide bonds. The molecule has 1 aliphatic carbocycles. The number of benzene rings is 1. The van der Waals surface area contributed by atoms with Crippen LogP contribution in [0.4, 0.5) is 0 Å². The average Bonchev–Trinajstić information content (AvgIpc) is 3.16. The molecule has 1 aromatic carbocycles. The first kappa shape index (κ1) is 16.1. The second-order valence-corrected chi connectivity index (χ2v) is 7.06. The van der Waals surface area contributed by atoms with Crippen LogP contribution in [0.15, 0.2) is 33.7 Å². The Morgan fingerprint density at radius 2 is 2.04 bits per heavy atom. The summed E-state index contributed by atoms with van der Waals surface area (Å²) in [5, 5.41) is 7.16. The van der Waals surface area contributed by atoms with Crippen molar-refractivity contribution in [2.75, 3.05) is 0 Å². The zero-order chi connectivity index (χ0) is 16.2. The summed E-state index contributed by atoms with van der Waals surface area (Å²) in [5.41, 5.74) is 2.79. The molecule has 1 fully saturated rings. The Kier molecular flexibility index (Phi) is 5.06. The van der Waals surface area contributed by atoms with Crippen molar-refractivity contribution >= 4 is 17.7 Å². The van der Waals surface area contributed by atoms with Crippen LogP contribution in [0.1, 0.15) is 53.1 Å². The van der Waals surface area contributed by atoms with Crippen molar-refractivity contribution in [1.29, 1.82) is 0 Å². The van der Waals surface area contributed by atoms with Gasteiger partial charge in [0.2, 0.25) is 0 Å². The number of carbonyl (C=O) groups excluding carboxylic acids is 1. The second-order valence-electron chi connectivity index (χ2n) is 6.04. The van der Waals surface area contributed by atoms with Crippen LogP contribution in [0.2, 0.25) is 0 Å². The van der Waals surface area contributed by atoms with Crippen molar-refractivity contribution in [2.24, 2.45) is 0 Å². The van der Waals surface area contributed by atoms with Crippen molar-refractivity contribution in [1.82, 2.24) is 10.5 Å². The third kappa shape index (κ3) is 3.78. The molecule has 0 spiro atoms. The number of carbonyl (C=O) groups is 1. The number of aromatic nitrogens is 1. The van der Waals surface area contributed by atoms with Gasteiger partial charge in [0.05, 0.1) is 11.3 Å². The highest BCUT2D eigenvalue weighted by molar-refractivity contribution is 7.98. The number of nitrogens with zero attached hydrogens (tertiary/aromatic N) is 1. The van der Waals surface area contributed by atoms with Crippen LogP contribution < -0.4 is 5.32 Å². The first-order valence-electron chi connectivity index (χ1n) is 8.09. The van der Waals surface area contributed by atoms with Gasteiger partial charge in [0, 0.05) is 22.3 Å². The van der Waals surface area contributed by atoms with Gasteiger partial charge in [-0.15, -0.1) is 11.8 Å². The van der Waals surface area contributed by atoms with Gasteiger partial charge in [-0.1, -0.05) is 30.1 Å². The molecule has 0 atom stereocenters. The van der Waals surface area contributed by atoms with Gasteiger partial charge >= 0.3 is 0 Å². The van der Waals surface area contributed by atoms with E-state index in [0.29, 0.717) is 6.04 Å². The molecule has 1 aliphatic rings. The summed E-state index contributed by atoms with van der Waals surface area (Å²) in [4.78, 5) is 13.6. The van der Waals surface area contributed by atoms with Gasteiger partial charge in [-0.2, -0.15) is 0 Å². The summed E-state index contributed by atoms with van der Waals surface area (Å²) in [7, 11) is 0. The maximum absolute atomic E-state index is 12.6. The number of rotatable bonds is 5. The van der Waals surface area contributed by atoms with Gasteiger partial charge in [0.15, 0.2) is 0 Å². The molecule has 0 bridgehead atoms. The molecule has 3 rings (SSSR count). The molecule has 5 heteroatoms. The predicted molar refractivity (Wildman–Crippen MR) is 91.7 cm³/mol. The smallest absolute Gasteiger partial charge is 0.252 e. The Bertz CT molecular complexity index is 671. The molecule has 0 unspecified atom stereocenters. The molecule has 0 radical (unpaired) electrons. The van der Waals surface area contributed by atoms with E-state index in [-0.39, 0.29) is 5.91 Å². The highest BCUT2D eigenvalue weighted by Gasteiger charge is 2.20. The Morgan fingerprint density at radius 3 is 2.74 bits per heavy atom. The largest absolute Gasteiger partial charge is 0.361 e. The van der Waals surface area contributed by atoms with Crippen molar-refractivity contribution in [3.8, 4) is 0 Å². The lowest BCUT2D eigenvalue weighted by molar-refractivity contribution is 0.0935. The summed E-state index contributed by atoms with van der Waals surface area (Å²) >= 11 is 1.66. The van der Waals surface area contributed by atoms with E-state index < -0.39 is 0 Å². The molecule has 4 nitrogen and oxygen atoms in total. The molecule has 1 aromatic heterocycles. The summed E-state index contributed by atoms with van der Waals surface area (Å²) in [5.74, 6) is 1.65. The average molecular weight is 330 g/mol. The fourth-order valence-corrected chi connectivity index (χ4v) is 4.17. The Morgan fingerprint density at radius 1 is 1.30 bits per heavy atom. The Balaban J connectivity index is 1.71. The first-order valence-corrected chi connectivity index (χ1v) is 9.08. The molecule has 0 aliphatic heterocycles. The number of amides is 1. The summed E-state index contributed by atoms with van der Waals surface area (Å²) in [6.45, 7) is 3.87. The van der Waals surface area contributed by atoms with Crippen LogP contribution in [0.5, 0.6) is 0 Å². The van der Waals surface area contributed by atoms with E-state index in [1.54, 1.807) is 11.8 Å². The zero-order valence-corrected chi connectivity index (χ0v) is 14.4. The Labute approximate surface area is 141 Å². The van der Waals surface area contributed by atoms with E-state index in [1.165, 1.54) is 12.8 Å². The number of nitrogens with one attached hydrogen (secondary N) is 1. The number of thioether (sulfide) groups is 1. The zero-order valence-electron chi connectivity index (χ0n) is 13.6. The molecule has 23 heavy (non-hydrogen) atoms. The van der Waals surface area contributed by atoms with E-state index >= 15 is 0 Å². The SMILES string of the molecule is Cc1noc(C)c1CSc1ccccc1C(=O)NC1CCCC1. The normalized spacial score (nSPS) is 15.0. The maximum Gasteiger partial charge on any atom is 0.252 e. The van der Waals surface area contributed by atoms with E-state index in [1.807, 2.05) is 38.1 Å². The molecular weight excluding hydrogens is 308 g/mol. The van der Waals surface area contributed by atoms with Gasteiger partial charge in [0.25, 0.3) is 5.91 Å². The van der Waals surface area contributed by atoms with Crippen molar-refractivity contribution in [3.05, 3.63) is 46.8 Å². The molecule has 1 N–H and O–H groups in total. The lowest BCUT2D eigenvalue weighted by Crippen LogP contribution is -2.32. The monoisotopic (exact) mass is 330 g/mol. The van der Waals surface area contributed by atoms with Crippen molar-refractivity contribution < 1.29 is 9.32 Å². The van der Waals surface area contributed by atoms with Crippen molar-refractivity contribution in [2.45, 2.75) is 56.2 Å². The standard InChI is InChI=1S/C18H22N2O2S/c1-12-16(13(2)22-20-12)11-23-17-10-6-5-9-15(17)18(21)19-14-7-3-4-8-14/h5-6,9-10,14H,3-4,7-8,11H2,1-2H3,(H,19,21). The van der Waals surface area contributed by atoms with Gasteiger partial charge < -0.3 is 9.84 Å². The van der Waals surface area contributed by atoms with E-state index in [4.69, 9.17) is 4.52 Å². The van der Waals surface area contributed by atoms with Gasteiger partial charge in [-0.25, -0.2) is 0 Å². The van der Waals surface area contributed by atoms with Gasteiger partial charge in [0.1, 0.15) is 5.76 Å². The van der Waals surface area contributed by atoms with Crippen molar-refractivity contribution in [3.63, 3.8) is 0 Å². The topological polar surface area (TPSA) is 55.1 Å². The number of hydrogen-bond acceptors (Lipinski definition) is 4. The highest BCUT2D eigenvalue weighted by atomic mass is 32.2. The van der Waals surface area contributed by atoms with Crippen LogP contribution in [0.25, 0.3) is 0 Å². The van der Waals surface area contributed by atoms with E-state index in [0.717, 1.165) is 46.1 Å². The molecule has 1 saturated carbocycles. The second kappa shape index (κ2) is 7.21. The molecule has 122 valence electrons. The quantitative estimate of drug-likeness (QED) is 0.832. The molecule has 0 saturated heterocycles. The van der Waals surface area contributed by atoms with Crippen LogP contribution in [-0.2, 0) is 5.75 Å². The maximum atomic E-state index is 12.6. The predicted octanol–water partition coefficient (Wildman–Crippen LogP) is 4.26. The van der Waals surface area contributed by atoms with Crippen LogP contribution in [0.3, 0.4) is 0 Å². The van der Waals surface area contributed by atoms with Crippen LogP contribution in [-0.4, -0.2) is 17.1 Å². The summed E-state index contributed by atoms with van der Waals surface area (Å²) < 4.78 is 5.21. The Hall–Kier alpha value is -1.75. The lowest BCUT2D eigenvalue weighted by atomic mass is 10.2. The lowest BCUT2D eigenvalue weighted by Gasteiger charge is -2.14. The molecular formula is C18H22N2O2S. The first-order chi connectivity index (χ1) is 11.1. The fraction of sp³-hybridized carbons (Fsp3) is 0.444. The number of hydrogen-bond donors (Lipinski definition) is 1. The van der Waals surface area contributed by atoms with E-state index in [2.05, 4.69) is 10.5 Å². The minimum Gasteiger partial charge on any atom is -0.361 e. The third-order valence-corrected chi connectivity index (χ3v) is 5.48. The minimum absolute atomic E-state index is 0.0405. The van der Waals surface area contributed by atoms with Crippen LogP contribution in [0, 0.1) is 13.8 Å². The minimum atomic E-state index is 0.0405. The van der Waals surface area contributed by atoms with Gasteiger partial charge in [-0.3, -0.25) is 4.79 Å². The third-order valence-electron chi connectivity index (χ3n) is 4.38. The molecule has 1 heterocycles. The summed E-state index contributed by atoms with van der Waals surface area (Å²) in [6.07, 6.45) is 4.63. The molecule has 2 aromatic rings. The highest BCUT2D eigenvalue weighted by Crippen LogP contribution is 2.29.